The van der Waals surface area contributed by atoms with Crippen LogP contribution >= 0.6 is 0 Å². The fourth-order valence-corrected chi connectivity index (χ4v) is 5.65. The number of halogens is 2. The van der Waals surface area contributed by atoms with Gasteiger partial charge >= 0.3 is 0 Å². The van der Waals surface area contributed by atoms with E-state index < -0.39 is 27.8 Å². The Hall–Kier alpha value is -3.44. The number of aromatic nitrogens is 4. The molecule has 5 rings (SSSR count). The summed E-state index contributed by atoms with van der Waals surface area (Å²) < 4.78 is 56.4. The molecule has 0 bridgehead atoms. The van der Waals surface area contributed by atoms with Crippen molar-refractivity contribution < 1.29 is 22.3 Å². The van der Waals surface area contributed by atoms with E-state index in [0.717, 1.165) is 40.8 Å². The minimum Gasteiger partial charge on any atom is -0.393 e. The molecular formula is C24H23F2N5O3S. The van der Waals surface area contributed by atoms with E-state index in [-0.39, 0.29) is 39.2 Å². The summed E-state index contributed by atoms with van der Waals surface area (Å²) in [7, 11) is -4.07. The SMILES string of the molecule is Cc1ccc(S(=O)(=O)n2cc(-c3ncc(F)c(N[C@H]4CCC[C@@H](O)C4)n3)c3cc(F)cnc32)cc1. The van der Waals surface area contributed by atoms with Crippen LogP contribution in [0.25, 0.3) is 22.4 Å². The van der Waals surface area contributed by atoms with E-state index in [9.17, 15) is 22.3 Å². The smallest absolute Gasteiger partial charge is 0.269 e. The number of hydrogen-bond donors (Lipinski definition) is 2. The fraction of sp³-hybridized carbons (Fsp3) is 0.292. The van der Waals surface area contributed by atoms with Crippen molar-refractivity contribution in [3.8, 4) is 11.4 Å². The van der Waals surface area contributed by atoms with Crippen LogP contribution in [0.1, 0.15) is 31.2 Å². The predicted octanol–water partition coefficient (Wildman–Crippen LogP) is 4.03. The first-order valence-electron chi connectivity index (χ1n) is 11.2. The van der Waals surface area contributed by atoms with Gasteiger partial charge in [0.1, 0.15) is 5.82 Å². The van der Waals surface area contributed by atoms with Crippen molar-refractivity contribution in [1.82, 2.24) is 18.9 Å². The van der Waals surface area contributed by atoms with Gasteiger partial charge < -0.3 is 10.4 Å². The van der Waals surface area contributed by atoms with Crippen molar-refractivity contribution >= 4 is 26.9 Å². The highest BCUT2D eigenvalue weighted by Gasteiger charge is 2.26. The first kappa shape index (κ1) is 23.3. The second kappa shape index (κ2) is 8.97. The predicted molar refractivity (Wildman–Crippen MR) is 126 cm³/mol. The lowest BCUT2D eigenvalue weighted by Crippen LogP contribution is -2.30. The Morgan fingerprint density at radius 1 is 1.11 bits per heavy atom. The average molecular weight is 500 g/mol. The zero-order valence-corrected chi connectivity index (χ0v) is 19.6. The van der Waals surface area contributed by atoms with Crippen LogP contribution in [0.3, 0.4) is 0 Å². The summed E-state index contributed by atoms with van der Waals surface area (Å²) in [5.41, 5.74) is 1.08. The van der Waals surface area contributed by atoms with Crippen LogP contribution in [0.15, 0.2) is 53.8 Å². The number of nitrogens with one attached hydrogen (secondary N) is 1. The van der Waals surface area contributed by atoms with Crippen LogP contribution in [0, 0.1) is 18.6 Å². The van der Waals surface area contributed by atoms with Gasteiger partial charge in [0.05, 0.1) is 23.4 Å². The van der Waals surface area contributed by atoms with Crippen LogP contribution in [-0.4, -0.2) is 44.6 Å². The molecule has 1 fully saturated rings. The third-order valence-corrected chi connectivity index (χ3v) is 7.79. The van der Waals surface area contributed by atoms with Crippen molar-refractivity contribution in [2.75, 3.05) is 5.32 Å². The summed E-state index contributed by atoms with van der Waals surface area (Å²) in [6, 6.07) is 7.30. The maximum Gasteiger partial charge on any atom is 0.269 e. The van der Waals surface area contributed by atoms with Crippen LogP contribution in [0.5, 0.6) is 0 Å². The number of benzene rings is 1. The zero-order chi connectivity index (χ0) is 24.7. The summed E-state index contributed by atoms with van der Waals surface area (Å²) >= 11 is 0. The van der Waals surface area contributed by atoms with Gasteiger partial charge in [-0.1, -0.05) is 17.7 Å². The first-order chi connectivity index (χ1) is 16.7. The maximum atomic E-state index is 14.5. The second-order valence-corrected chi connectivity index (χ2v) is 10.5. The number of anilines is 1. The summed E-state index contributed by atoms with van der Waals surface area (Å²) in [4.78, 5) is 12.4. The molecule has 11 heteroatoms. The molecule has 0 radical (unpaired) electrons. The number of aliphatic hydroxyl groups is 1. The molecule has 0 saturated heterocycles. The average Bonchev–Trinajstić information content (AvgIpc) is 3.20. The molecule has 2 N–H and O–H groups in total. The topological polar surface area (TPSA) is 110 Å². The lowest BCUT2D eigenvalue weighted by molar-refractivity contribution is 0.124. The number of rotatable bonds is 5. The number of pyridine rings is 1. The highest BCUT2D eigenvalue weighted by Crippen LogP contribution is 2.32. The normalized spacial score (nSPS) is 18.6. The summed E-state index contributed by atoms with van der Waals surface area (Å²) in [6.45, 7) is 1.84. The number of fused-ring (bicyclic) bond motifs is 1. The number of aryl methyl sites for hydroxylation is 1. The Balaban J connectivity index is 1.61. The summed E-state index contributed by atoms with van der Waals surface area (Å²) in [5.74, 6) is -1.41. The van der Waals surface area contributed by atoms with Crippen molar-refractivity contribution in [1.29, 1.82) is 0 Å². The molecule has 1 aliphatic rings. The Kier molecular flexibility index (Phi) is 5.97. The summed E-state index contributed by atoms with van der Waals surface area (Å²) in [6.07, 6.45) is 5.42. The Morgan fingerprint density at radius 2 is 1.89 bits per heavy atom. The zero-order valence-electron chi connectivity index (χ0n) is 18.8. The van der Waals surface area contributed by atoms with Gasteiger partial charge in [0.15, 0.2) is 23.1 Å². The van der Waals surface area contributed by atoms with Gasteiger partial charge in [-0.3, -0.25) is 0 Å². The monoisotopic (exact) mass is 499 g/mol. The van der Waals surface area contributed by atoms with Crippen LogP contribution in [0.4, 0.5) is 14.6 Å². The van der Waals surface area contributed by atoms with Crippen molar-refractivity contribution in [2.45, 2.75) is 49.6 Å². The maximum absolute atomic E-state index is 14.5. The van der Waals surface area contributed by atoms with Gasteiger partial charge in [0.2, 0.25) is 0 Å². The quantitative estimate of drug-likeness (QED) is 0.427. The van der Waals surface area contributed by atoms with Crippen LogP contribution in [-0.2, 0) is 10.0 Å². The lowest BCUT2D eigenvalue weighted by atomic mass is 9.93. The minimum absolute atomic E-state index is 0.000174. The van der Waals surface area contributed by atoms with Gasteiger partial charge in [-0.25, -0.2) is 36.1 Å². The summed E-state index contributed by atoms with van der Waals surface area (Å²) in [5, 5.41) is 13.1. The van der Waals surface area contributed by atoms with Gasteiger partial charge in [-0.15, -0.1) is 0 Å². The van der Waals surface area contributed by atoms with Gasteiger partial charge in [-0.05, 0) is 50.8 Å². The van der Waals surface area contributed by atoms with E-state index in [1.54, 1.807) is 12.1 Å². The molecule has 0 unspecified atom stereocenters. The molecule has 0 aliphatic heterocycles. The molecule has 3 aromatic heterocycles. The molecule has 2 atom stereocenters. The van der Waals surface area contributed by atoms with E-state index in [1.165, 1.54) is 18.3 Å². The largest absolute Gasteiger partial charge is 0.393 e. The molecule has 0 spiro atoms. The number of nitrogens with zero attached hydrogens (tertiary/aromatic N) is 4. The van der Waals surface area contributed by atoms with Gasteiger partial charge in [0.25, 0.3) is 10.0 Å². The van der Waals surface area contributed by atoms with E-state index in [4.69, 9.17) is 0 Å². The number of aliphatic hydroxyl groups excluding tert-OH is 1. The first-order valence-corrected chi connectivity index (χ1v) is 12.6. The molecule has 1 aliphatic carbocycles. The molecular weight excluding hydrogens is 476 g/mol. The molecule has 1 saturated carbocycles. The highest BCUT2D eigenvalue weighted by atomic mass is 32.2. The van der Waals surface area contributed by atoms with E-state index in [1.807, 2.05) is 6.92 Å². The molecule has 35 heavy (non-hydrogen) atoms. The molecule has 8 nitrogen and oxygen atoms in total. The highest BCUT2D eigenvalue weighted by molar-refractivity contribution is 7.90. The molecule has 3 heterocycles. The lowest BCUT2D eigenvalue weighted by Gasteiger charge is -2.27. The Morgan fingerprint density at radius 3 is 2.63 bits per heavy atom. The van der Waals surface area contributed by atoms with Crippen molar-refractivity contribution in [3.05, 3.63) is 66.1 Å². The van der Waals surface area contributed by atoms with E-state index in [2.05, 4.69) is 20.3 Å². The van der Waals surface area contributed by atoms with Crippen LogP contribution in [0.2, 0.25) is 0 Å². The molecule has 182 valence electrons. The molecule has 0 amide bonds. The van der Waals surface area contributed by atoms with Gasteiger partial charge in [-0.2, -0.15) is 0 Å². The fourth-order valence-electron chi connectivity index (χ4n) is 4.33. The van der Waals surface area contributed by atoms with Crippen molar-refractivity contribution in [2.24, 2.45) is 0 Å². The minimum atomic E-state index is -4.07. The van der Waals surface area contributed by atoms with Gasteiger partial charge in [0, 0.05) is 23.2 Å². The standard InChI is InChI=1S/C24H23F2N5O3S/c1-14-5-7-18(8-6-14)35(33,34)31-13-20(19-9-15(25)11-28-24(19)31)22-27-12-21(26)23(30-22)29-16-3-2-4-17(32)10-16/h5-9,11-13,16-17,32H,2-4,10H2,1H3,(H,27,29,30)/t16-,17+/m0/s1. The van der Waals surface area contributed by atoms with E-state index >= 15 is 0 Å². The molecule has 1 aromatic carbocycles. The third kappa shape index (κ3) is 4.48. The second-order valence-electron chi connectivity index (χ2n) is 8.73. The third-order valence-electron chi connectivity index (χ3n) is 6.13. The van der Waals surface area contributed by atoms with Crippen LogP contribution < -0.4 is 5.32 Å². The molecule has 4 aromatic rings. The Labute approximate surface area is 200 Å². The van der Waals surface area contributed by atoms with E-state index in [0.29, 0.717) is 12.8 Å². The Bertz CT molecular complexity index is 1510. The number of hydrogen-bond acceptors (Lipinski definition) is 7. The van der Waals surface area contributed by atoms with Crippen molar-refractivity contribution in [3.63, 3.8) is 0 Å².